The summed E-state index contributed by atoms with van der Waals surface area (Å²) in [5, 5.41) is 11.8. The van der Waals surface area contributed by atoms with Gasteiger partial charge in [-0.3, -0.25) is 10.1 Å². The summed E-state index contributed by atoms with van der Waals surface area (Å²) in [6.45, 7) is 3.43. The minimum atomic E-state index is -0.322. The van der Waals surface area contributed by atoms with Crippen LogP contribution in [0.4, 0.5) is 11.5 Å². The summed E-state index contributed by atoms with van der Waals surface area (Å²) in [4.78, 5) is 17.2. The first-order valence-electron chi connectivity index (χ1n) is 7.14. The number of nitro groups is 1. The lowest BCUT2D eigenvalue weighted by atomic mass is 10.2. The normalized spacial score (nSPS) is 16.6. The fourth-order valence-electron chi connectivity index (χ4n) is 2.88. The van der Waals surface area contributed by atoms with Gasteiger partial charge >= 0.3 is 11.5 Å². The predicted molar refractivity (Wildman–Crippen MR) is 82.8 cm³/mol. The van der Waals surface area contributed by atoms with Gasteiger partial charge in [0, 0.05) is 17.8 Å². The zero-order chi connectivity index (χ0) is 15.7. The minimum absolute atomic E-state index is 0.139. The molecule has 0 aromatic carbocycles. The number of hydrogen-bond acceptors (Lipinski definition) is 4. The molecule has 0 N–H and O–H groups in total. The maximum Gasteiger partial charge on any atom is 0.357 e. The van der Waals surface area contributed by atoms with Gasteiger partial charge in [-0.05, 0) is 18.6 Å². The maximum absolute atomic E-state index is 11.3. The van der Waals surface area contributed by atoms with Gasteiger partial charge in [0.2, 0.25) is 0 Å². The van der Waals surface area contributed by atoms with E-state index in [1.807, 2.05) is 16.8 Å². The Morgan fingerprint density at radius 3 is 2.95 bits per heavy atom. The number of nitrogens with zero attached hydrogens (tertiary/aromatic N) is 4. The molecule has 0 bridgehead atoms. The van der Waals surface area contributed by atoms with Crippen molar-refractivity contribution < 1.29 is 9.49 Å². The third kappa shape index (κ3) is 2.62. The van der Waals surface area contributed by atoms with Gasteiger partial charge in [0.1, 0.15) is 24.3 Å². The molecular weight excluding hydrogens is 304 g/mol. The zero-order valence-electron chi connectivity index (χ0n) is 12.1. The first-order chi connectivity index (χ1) is 10.6. The van der Waals surface area contributed by atoms with Gasteiger partial charge in [-0.2, -0.15) is 0 Å². The highest BCUT2D eigenvalue weighted by Gasteiger charge is 2.42. The van der Waals surface area contributed by atoms with Crippen LogP contribution in [0.2, 0.25) is 5.15 Å². The lowest BCUT2D eigenvalue weighted by molar-refractivity contribution is -0.676. The zero-order valence-corrected chi connectivity index (χ0v) is 12.9. The van der Waals surface area contributed by atoms with Crippen molar-refractivity contribution in [3.05, 3.63) is 57.5 Å². The van der Waals surface area contributed by atoms with E-state index in [0.29, 0.717) is 17.5 Å². The van der Waals surface area contributed by atoms with E-state index in [2.05, 4.69) is 16.8 Å². The van der Waals surface area contributed by atoms with Gasteiger partial charge in [-0.1, -0.05) is 24.6 Å². The summed E-state index contributed by atoms with van der Waals surface area (Å²) < 4.78 is 1.95. The third-order valence-electron chi connectivity index (χ3n) is 3.95. The molecule has 0 aliphatic carbocycles. The second-order valence-electron chi connectivity index (χ2n) is 5.31. The second kappa shape index (κ2) is 5.88. The number of pyridine rings is 2. The first-order valence-corrected chi connectivity index (χ1v) is 7.52. The summed E-state index contributed by atoms with van der Waals surface area (Å²) in [6, 6.07) is 7.15. The summed E-state index contributed by atoms with van der Waals surface area (Å²) in [6.07, 6.45) is 4.53. The molecule has 1 atom stereocenters. The SMILES string of the molecule is CCC1C[n+]2cccc([N+](=O)[O-])c2N1Cc1ccc(Cl)nc1. The van der Waals surface area contributed by atoms with E-state index in [9.17, 15) is 10.1 Å². The molecule has 3 rings (SSSR count). The fourth-order valence-corrected chi connectivity index (χ4v) is 2.99. The predicted octanol–water partition coefficient (Wildman–Crippen LogP) is 2.73. The smallest absolute Gasteiger partial charge is 0.258 e. The van der Waals surface area contributed by atoms with Gasteiger partial charge in [0.25, 0.3) is 0 Å². The highest BCUT2D eigenvalue weighted by molar-refractivity contribution is 6.29. The molecule has 0 fully saturated rings. The second-order valence-corrected chi connectivity index (χ2v) is 5.69. The number of hydrogen-bond donors (Lipinski definition) is 0. The van der Waals surface area contributed by atoms with Crippen LogP contribution in [0.1, 0.15) is 18.9 Å². The molecular formula is C15H16ClN4O2+. The van der Waals surface area contributed by atoms with Crippen molar-refractivity contribution in [1.29, 1.82) is 0 Å². The van der Waals surface area contributed by atoms with Crippen molar-refractivity contribution >= 4 is 23.1 Å². The number of fused-ring (bicyclic) bond motifs is 1. The van der Waals surface area contributed by atoms with Gasteiger partial charge in [-0.25, -0.2) is 14.5 Å². The number of anilines is 1. The fraction of sp³-hybridized carbons (Fsp3) is 0.333. The van der Waals surface area contributed by atoms with Crippen molar-refractivity contribution in [3.8, 4) is 0 Å². The number of aromatic nitrogens is 2. The highest BCUT2D eigenvalue weighted by atomic mass is 35.5. The van der Waals surface area contributed by atoms with Gasteiger partial charge in [0.05, 0.1) is 11.1 Å². The van der Waals surface area contributed by atoms with Gasteiger partial charge in [-0.15, -0.1) is 0 Å². The van der Waals surface area contributed by atoms with Crippen LogP contribution in [0.25, 0.3) is 0 Å². The molecule has 7 heteroatoms. The summed E-state index contributed by atoms with van der Waals surface area (Å²) >= 11 is 5.81. The summed E-state index contributed by atoms with van der Waals surface area (Å²) in [5.41, 5.74) is 1.12. The highest BCUT2D eigenvalue weighted by Crippen LogP contribution is 2.31. The molecule has 1 unspecified atom stereocenters. The van der Waals surface area contributed by atoms with Crippen LogP contribution in [0.15, 0.2) is 36.7 Å². The van der Waals surface area contributed by atoms with Crippen LogP contribution in [0.3, 0.4) is 0 Å². The molecule has 0 saturated heterocycles. The summed E-state index contributed by atoms with van der Waals surface area (Å²) in [7, 11) is 0. The molecule has 1 aliphatic heterocycles. The lowest BCUT2D eigenvalue weighted by Crippen LogP contribution is -2.32. The molecule has 0 amide bonds. The molecule has 2 aromatic rings. The molecule has 0 saturated carbocycles. The molecule has 0 spiro atoms. The standard InChI is InChI=1S/C15H16ClN4O2/c1-2-12-10-18-7-3-4-13(20(21)22)15(18)19(12)9-11-5-6-14(16)17-8-11/h3-8,12H,2,9-10H2,1H3/q+1. The van der Waals surface area contributed by atoms with Crippen molar-refractivity contribution in [1.82, 2.24) is 4.98 Å². The van der Waals surface area contributed by atoms with E-state index in [1.165, 1.54) is 0 Å². The van der Waals surface area contributed by atoms with Crippen LogP contribution < -0.4 is 9.47 Å². The average molecular weight is 320 g/mol. The number of rotatable bonds is 4. The number of halogens is 1. The maximum atomic E-state index is 11.3. The van der Waals surface area contributed by atoms with Crippen LogP contribution in [-0.4, -0.2) is 15.9 Å². The first kappa shape index (κ1) is 14.7. The molecule has 0 radical (unpaired) electrons. The average Bonchev–Trinajstić information content (AvgIpc) is 2.87. The van der Waals surface area contributed by atoms with Gasteiger partial charge < -0.3 is 0 Å². The Balaban J connectivity index is 2.00. The van der Waals surface area contributed by atoms with Crippen LogP contribution in [0, 0.1) is 10.1 Å². The van der Waals surface area contributed by atoms with E-state index in [4.69, 9.17) is 11.6 Å². The quantitative estimate of drug-likeness (QED) is 0.376. The Morgan fingerprint density at radius 1 is 1.50 bits per heavy atom. The molecule has 3 heterocycles. The van der Waals surface area contributed by atoms with E-state index < -0.39 is 0 Å². The Morgan fingerprint density at radius 2 is 2.32 bits per heavy atom. The largest absolute Gasteiger partial charge is 0.357 e. The Labute approximate surface area is 133 Å². The van der Waals surface area contributed by atoms with Crippen molar-refractivity contribution in [2.75, 3.05) is 4.90 Å². The topological polar surface area (TPSA) is 63.1 Å². The van der Waals surface area contributed by atoms with E-state index >= 15 is 0 Å². The Kier molecular flexibility index (Phi) is 3.94. The van der Waals surface area contributed by atoms with Crippen molar-refractivity contribution in [2.45, 2.75) is 32.5 Å². The molecule has 1 aliphatic rings. The monoisotopic (exact) mass is 319 g/mol. The summed E-state index contributed by atoms with van der Waals surface area (Å²) in [5.74, 6) is 0.661. The Bertz CT molecular complexity index is 705. The van der Waals surface area contributed by atoms with E-state index in [-0.39, 0.29) is 16.7 Å². The lowest BCUT2D eigenvalue weighted by Gasteiger charge is -2.17. The van der Waals surface area contributed by atoms with Crippen LogP contribution >= 0.6 is 11.6 Å². The molecule has 6 nitrogen and oxygen atoms in total. The molecule has 2 aromatic heterocycles. The van der Waals surface area contributed by atoms with Crippen LogP contribution in [-0.2, 0) is 13.1 Å². The van der Waals surface area contributed by atoms with Crippen LogP contribution in [0.5, 0.6) is 0 Å². The van der Waals surface area contributed by atoms with E-state index in [1.54, 1.807) is 24.4 Å². The molecule has 22 heavy (non-hydrogen) atoms. The van der Waals surface area contributed by atoms with Crippen molar-refractivity contribution in [2.24, 2.45) is 0 Å². The Hall–Kier alpha value is -2.21. The molecule has 114 valence electrons. The minimum Gasteiger partial charge on any atom is -0.258 e. The van der Waals surface area contributed by atoms with Gasteiger partial charge in [0.15, 0.2) is 0 Å². The van der Waals surface area contributed by atoms with Crippen molar-refractivity contribution in [3.63, 3.8) is 0 Å². The van der Waals surface area contributed by atoms with E-state index in [0.717, 1.165) is 18.5 Å². The third-order valence-corrected chi connectivity index (χ3v) is 4.17.